The van der Waals surface area contributed by atoms with Crippen LogP contribution < -0.4 is 15.5 Å². The molecule has 3 N–H and O–H groups in total. The number of aliphatic carboxylic acids is 1. The van der Waals surface area contributed by atoms with E-state index >= 15 is 0 Å². The summed E-state index contributed by atoms with van der Waals surface area (Å²) in [6.07, 6.45) is 1.31. The van der Waals surface area contributed by atoms with Crippen LogP contribution in [-0.2, 0) is 14.4 Å². The van der Waals surface area contributed by atoms with E-state index in [0.29, 0.717) is 22.0 Å². The van der Waals surface area contributed by atoms with Crippen LogP contribution in [0.2, 0.25) is 10.0 Å². The van der Waals surface area contributed by atoms with Crippen molar-refractivity contribution in [3.8, 4) is 5.75 Å². The largest absolute Gasteiger partial charge is 0.482 e. The minimum atomic E-state index is -1.08. The zero-order valence-corrected chi connectivity index (χ0v) is 15.1. The van der Waals surface area contributed by atoms with Gasteiger partial charge in [0.2, 0.25) is 0 Å². The number of halogens is 2. The number of benzene rings is 2. The average Bonchev–Trinajstić information content (AvgIpc) is 2.64. The highest BCUT2D eigenvalue weighted by molar-refractivity contribution is 6.42. The van der Waals surface area contributed by atoms with Crippen LogP contribution in [0.1, 0.15) is 5.56 Å². The Kier molecular flexibility index (Phi) is 7.16. The Hall–Kier alpha value is -3.10. The highest BCUT2D eigenvalue weighted by Crippen LogP contribution is 2.24. The summed E-state index contributed by atoms with van der Waals surface area (Å²) in [4.78, 5) is 33.9. The lowest BCUT2D eigenvalue weighted by atomic mass is 10.2. The van der Waals surface area contributed by atoms with Crippen LogP contribution in [0, 0.1) is 0 Å². The molecule has 0 aliphatic rings. The van der Waals surface area contributed by atoms with Gasteiger partial charge in [0.1, 0.15) is 5.75 Å². The molecule has 0 atom stereocenters. The number of anilines is 1. The fourth-order valence-corrected chi connectivity index (χ4v) is 2.07. The Bertz CT molecular complexity index is 885. The third kappa shape index (κ3) is 6.61. The van der Waals surface area contributed by atoms with E-state index < -0.39 is 24.4 Å². The molecule has 2 rings (SSSR count). The van der Waals surface area contributed by atoms with Gasteiger partial charge < -0.3 is 15.2 Å². The monoisotopic (exact) mass is 409 g/mol. The fraction of sp³-hybridized carbons (Fsp3) is 0.0588. The summed E-state index contributed by atoms with van der Waals surface area (Å²) < 4.78 is 4.98. The lowest BCUT2D eigenvalue weighted by Gasteiger charge is -2.05. The topological polar surface area (TPSA) is 117 Å². The standard InChI is InChI=1S/C17H13Cl2N3O5/c18-13-6-3-11(7-14(13)19)21-16(25)17(26)22-20-8-10-1-4-12(5-2-10)27-9-15(23)24/h1-8H,9H2,(H,21,25)(H,22,26)(H,23,24)/b20-8+. The molecule has 0 aliphatic heterocycles. The maximum absolute atomic E-state index is 11.8. The van der Waals surface area contributed by atoms with E-state index in [1.54, 1.807) is 24.3 Å². The molecule has 0 spiro atoms. The van der Waals surface area contributed by atoms with Gasteiger partial charge in [-0.05, 0) is 48.0 Å². The minimum Gasteiger partial charge on any atom is -0.482 e. The van der Waals surface area contributed by atoms with Crippen LogP contribution >= 0.6 is 23.2 Å². The van der Waals surface area contributed by atoms with E-state index in [2.05, 4.69) is 15.8 Å². The highest BCUT2D eigenvalue weighted by atomic mass is 35.5. The third-order valence-electron chi connectivity index (χ3n) is 3.01. The number of hydrogen-bond acceptors (Lipinski definition) is 5. The summed E-state index contributed by atoms with van der Waals surface area (Å²) in [6.45, 7) is -0.447. The molecule has 0 aliphatic carbocycles. The number of amides is 2. The summed E-state index contributed by atoms with van der Waals surface area (Å²) >= 11 is 11.6. The first-order valence-corrected chi connectivity index (χ1v) is 8.15. The number of carbonyl (C=O) groups is 3. The van der Waals surface area contributed by atoms with E-state index in [0.717, 1.165) is 0 Å². The van der Waals surface area contributed by atoms with Gasteiger partial charge >= 0.3 is 17.8 Å². The SMILES string of the molecule is O=C(O)COc1ccc(/C=N/NC(=O)C(=O)Nc2ccc(Cl)c(Cl)c2)cc1. The molecule has 0 unspecified atom stereocenters. The van der Waals surface area contributed by atoms with Crippen LogP contribution in [0.15, 0.2) is 47.6 Å². The molecule has 2 aromatic rings. The van der Waals surface area contributed by atoms with E-state index in [9.17, 15) is 14.4 Å². The first-order valence-electron chi connectivity index (χ1n) is 7.39. The van der Waals surface area contributed by atoms with Gasteiger partial charge in [-0.15, -0.1) is 0 Å². The molecule has 10 heteroatoms. The van der Waals surface area contributed by atoms with Crippen molar-refractivity contribution < 1.29 is 24.2 Å². The van der Waals surface area contributed by atoms with Crippen molar-refractivity contribution in [2.24, 2.45) is 5.10 Å². The van der Waals surface area contributed by atoms with E-state index in [4.69, 9.17) is 33.0 Å². The Morgan fingerprint density at radius 2 is 1.74 bits per heavy atom. The zero-order valence-electron chi connectivity index (χ0n) is 13.6. The number of ether oxygens (including phenoxy) is 1. The van der Waals surface area contributed by atoms with Gasteiger partial charge in [-0.3, -0.25) is 9.59 Å². The first kappa shape index (κ1) is 20.2. The summed E-state index contributed by atoms with van der Waals surface area (Å²) in [6, 6.07) is 10.7. The van der Waals surface area contributed by atoms with Crippen molar-refractivity contribution in [1.82, 2.24) is 5.43 Å². The number of carboxylic acid groups (broad SMARTS) is 1. The van der Waals surface area contributed by atoms with E-state index in [-0.39, 0.29) is 5.02 Å². The second kappa shape index (κ2) is 9.56. The van der Waals surface area contributed by atoms with Crippen molar-refractivity contribution in [1.29, 1.82) is 0 Å². The molecule has 0 fully saturated rings. The summed E-state index contributed by atoms with van der Waals surface area (Å²) in [7, 11) is 0. The number of nitrogens with zero attached hydrogens (tertiary/aromatic N) is 1. The van der Waals surface area contributed by atoms with Gasteiger partial charge in [0.05, 0.1) is 16.3 Å². The van der Waals surface area contributed by atoms with Crippen molar-refractivity contribution >= 4 is 52.9 Å². The van der Waals surface area contributed by atoms with Crippen LogP contribution in [0.25, 0.3) is 0 Å². The van der Waals surface area contributed by atoms with Crippen LogP contribution in [0.4, 0.5) is 5.69 Å². The van der Waals surface area contributed by atoms with Crippen molar-refractivity contribution in [2.75, 3.05) is 11.9 Å². The van der Waals surface area contributed by atoms with Crippen molar-refractivity contribution in [3.05, 3.63) is 58.1 Å². The van der Waals surface area contributed by atoms with Gasteiger partial charge in [0.25, 0.3) is 0 Å². The second-order valence-corrected chi connectivity index (χ2v) is 5.85. The summed E-state index contributed by atoms with van der Waals surface area (Å²) in [5.41, 5.74) is 2.99. The predicted molar refractivity (Wildman–Crippen MR) is 100 cm³/mol. The quantitative estimate of drug-likeness (QED) is 0.385. The van der Waals surface area contributed by atoms with Gasteiger partial charge in [0, 0.05) is 5.69 Å². The summed E-state index contributed by atoms with van der Waals surface area (Å²) in [5.74, 6) is -2.61. The molecule has 0 radical (unpaired) electrons. The molecule has 0 saturated heterocycles. The zero-order chi connectivity index (χ0) is 19.8. The Balaban J connectivity index is 1.85. The minimum absolute atomic E-state index is 0.240. The lowest BCUT2D eigenvalue weighted by molar-refractivity contribution is -0.139. The molecule has 8 nitrogen and oxygen atoms in total. The Labute approximate surface area is 163 Å². The van der Waals surface area contributed by atoms with Gasteiger partial charge in [-0.2, -0.15) is 5.10 Å². The maximum atomic E-state index is 11.8. The number of hydrogen-bond donors (Lipinski definition) is 3. The van der Waals surface area contributed by atoms with Crippen molar-refractivity contribution in [2.45, 2.75) is 0 Å². The van der Waals surface area contributed by atoms with Crippen LogP contribution in [-0.4, -0.2) is 35.7 Å². The molecular weight excluding hydrogens is 397 g/mol. The number of carbonyl (C=O) groups excluding carboxylic acids is 2. The molecule has 27 heavy (non-hydrogen) atoms. The Morgan fingerprint density at radius 3 is 2.37 bits per heavy atom. The number of carboxylic acids is 1. The lowest BCUT2D eigenvalue weighted by Crippen LogP contribution is -2.32. The van der Waals surface area contributed by atoms with Gasteiger partial charge in [-0.1, -0.05) is 23.2 Å². The number of nitrogens with one attached hydrogen (secondary N) is 2. The molecule has 2 aromatic carbocycles. The molecule has 0 saturated carbocycles. The third-order valence-corrected chi connectivity index (χ3v) is 3.74. The molecular formula is C17H13Cl2N3O5. The molecule has 0 aromatic heterocycles. The number of rotatable bonds is 6. The van der Waals surface area contributed by atoms with Gasteiger partial charge in [0.15, 0.2) is 6.61 Å². The van der Waals surface area contributed by atoms with Crippen molar-refractivity contribution in [3.63, 3.8) is 0 Å². The molecule has 0 bridgehead atoms. The van der Waals surface area contributed by atoms with Gasteiger partial charge in [-0.25, -0.2) is 10.2 Å². The normalized spacial score (nSPS) is 10.4. The van der Waals surface area contributed by atoms with Crippen LogP contribution in [0.5, 0.6) is 5.75 Å². The Morgan fingerprint density at radius 1 is 1.04 bits per heavy atom. The van der Waals surface area contributed by atoms with Crippen LogP contribution in [0.3, 0.4) is 0 Å². The maximum Gasteiger partial charge on any atom is 0.341 e. The fourth-order valence-electron chi connectivity index (χ4n) is 1.77. The van der Waals surface area contributed by atoms with E-state index in [1.807, 2.05) is 0 Å². The van der Waals surface area contributed by atoms with E-state index in [1.165, 1.54) is 24.4 Å². The first-order chi connectivity index (χ1) is 12.8. The molecule has 140 valence electrons. The smallest absolute Gasteiger partial charge is 0.341 e. The average molecular weight is 410 g/mol. The second-order valence-electron chi connectivity index (χ2n) is 5.03. The molecule has 0 heterocycles. The number of hydrazone groups is 1. The highest BCUT2D eigenvalue weighted by Gasteiger charge is 2.13. The predicted octanol–water partition coefficient (Wildman–Crippen LogP) is 2.55. The summed E-state index contributed by atoms with van der Waals surface area (Å²) in [5, 5.41) is 15.1. The molecule has 2 amide bonds.